The monoisotopic (exact) mass is 383 g/mol. The van der Waals surface area contributed by atoms with Gasteiger partial charge in [-0.2, -0.15) is 10.1 Å². The first-order valence-electron chi connectivity index (χ1n) is 7.58. The highest BCUT2D eigenvalue weighted by Gasteiger charge is 2.05. The molecule has 0 saturated carbocycles. The van der Waals surface area contributed by atoms with Crippen LogP contribution in [0.4, 0.5) is 23.1 Å². The van der Waals surface area contributed by atoms with E-state index in [4.69, 9.17) is 0 Å². The van der Waals surface area contributed by atoms with Crippen LogP contribution in [-0.4, -0.2) is 15.2 Å². The zero-order chi connectivity index (χ0) is 17.1. The van der Waals surface area contributed by atoms with Gasteiger partial charge in [-0.25, -0.2) is 0 Å². The molecule has 0 radical (unpaired) electrons. The SMILES string of the molecule is Cc1ccc(C)c(Nc2cnnc(Nc3ccc(C)c(Br)c3)n2)c1. The summed E-state index contributed by atoms with van der Waals surface area (Å²) in [5.41, 5.74) is 5.42. The van der Waals surface area contributed by atoms with Crippen LogP contribution in [0.2, 0.25) is 0 Å². The van der Waals surface area contributed by atoms with Gasteiger partial charge in [0.05, 0.1) is 6.20 Å². The van der Waals surface area contributed by atoms with Crippen LogP contribution in [0.5, 0.6) is 0 Å². The van der Waals surface area contributed by atoms with E-state index in [0.717, 1.165) is 21.4 Å². The Morgan fingerprint density at radius 3 is 2.50 bits per heavy atom. The smallest absolute Gasteiger partial charge is 0.249 e. The lowest BCUT2D eigenvalue weighted by molar-refractivity contribution is 0.982. The van der Waals surface area contributed by atoms with Gasteiger partial charge >= 0.3 is 0 Å². The number of benzene rings is 2. The van der Waals surface area contributed by atoms with E-state index in [1.165, 1.54) is 11.1 Å². The first-order chi connectivity index (χ1) is 11.5. The highest BCUT2D eigenvalue weighted by atomic mass is 79.9. The molecule has 6 heteroatoms. The van der Waals surface area contributed by atoms with Gasteiger partial charge in [-0.05, 0) is 55.7 Å². The predicted molar refractivity (Wildman–Crippen MR) is 101 cm³/mol. The van der Waals surface area contributed by atoms with Gasteiger partial charge < -0.3 is 10.6 Å². The molecule has 0 bridgehead atoms. The summed E-state index contributed by atoms with van der Waals surface area (Å²) in [6.07, 6.45) is 1.61. The van der Waals surface area contributed by atoms with Crippen molar-refractivity contribution in [1.29, 1.82) is 0 Å². The molecule has 0 aliphatic heterocycles. The van der Waals surface area contributed by atoms with Crippen molar-refractivity contribution >= 4 is 39.1 Å². The first-order valence-corrected chi connectivity index (χ1v) is 8.38. The molecule has 24 heavy (non-hydrogen) atoms. The number of hydrogen-bond donors (Lipinski definition) is 2. The van der Waals surface area contributed by atoms with Crippen molar-refractivity contribution < 1.29 is 0 Å². The summed E-state index contributed by atoms with van der Waals surface area (Å²) >= 11 is 3.52. The molecule has 0 unspecified atom stereocenters. The van der Waals surface area contributed by atoms with Crippen LogP contribution in [0.1, 0.15) is 16.7 Å². The number of hydrogen-bond acceptors (Lipinski definition) is 5. The summed E-state index contributed by atoms with van der Waals surface area (Å²) in [5, 5.41) is 14.5. The first kappa shape index (κ1) is 16.4. The molecule has 0 amide bonds. The summed E-state index contributed by atoms with van der Waals surface area (Å²) < 4.78 is 1.03. The summed E-state index contributed by atoms with van der Waals surface area (Å²) in [6, 6.07) is 12.2. The topological polar surface area (TPSA) is 62.7 Å². The quantitative estimate of drug-likeness (QED) is 0.659. The van der Waals surface area contributed by atoms with Gasteiger partial charge in [0.1, 0.15) is 0 Å². The van der Waals surface area contributed by atoms with Gasteiger partial charge in [-0.3, -0.25) is 0 Å². The number of aromatic nitrogens is 3. The Labute approximate surface area is 149 Å². The maximum absolute atomic E-state index is 4.48. The molecule has 5 nitrogen and oxygen atoms in total. The van der Waals surface area contributed by atoms with Crippen LogP contribution in [0, 0.1) is 20.8 Å². The molecule has 1 heterocycles. The summed E-state index contributed by atoms with van der Waals surface area (Å²) in [5.74, 6) is 1.09. The highest BCUT2D eigenvalue weighted by molar-refractivity contribution is 9.10. The van der Waals surface area contributed by atoms with Gasteiger partial charge in [-0.15, -0.1) is 5.10 Å². The lowest BCUT2D eigenvalue weighted by atomic mass is 10.1. The third-order valence-corrected chi connectivity index (χ3v) is 4.50. The highest BCUT2D eigenvalue weighted by Crippen LogP contribution is 2.24. The zero-order valence-electron chi connectivity index (χ0n) is 13.8. The van der Waals surface area contributed by atoms with Crippen LogP contribution in [0.15, 0.2) is 47.1 Å². The van der Waals surface area contributed by atoms with E-state index in [0.29, 0.717) is 11.8 Å². The Morgan fingerprint density at radius 2 is 1.71 bits per heavy atom. The Hall–Kier alpha value is -2.47. The minimum atomic E-state index is 0.445. The molecule has 3 rings (SSSR count). The van der Waals surface area contributed by atoms with Crippen LogP contribution in [0.3, 0.4) is 0 Å². The van der Waals surface area contributed by atoms with Crippen molar-refractivity contribution in [2.45, 2.75) is 20.8 Å². The fourth-order valence-electron chi connectivity index (χ4n) is 2.22. The second-order valence-corrected chi connectivity index (χ2v) is 6.55. The Morgan fingerprint density at radius 1 is 0.917 bits per heavy atom. The Balaban J connectivity index is 1.81. The Kier molecular flexibility index (Phi) is 4.76. The van der Waals surface area contributed by atoms with E-state index in [1.807, 2.05) is 25.1 Å². The number of rotatable bonds is 4. The van der Waals surface area contributed by atoms with Crippen LogP contribution in [-0.2, 0) is 0 Å². The van der Waals surface area contributed by atoms with Gasteiger partial charge in [0, 0.05) is 15.8 Å². The van der Waals surface area contributed by atoms with Crippen molar-refractivity contribution in [2.24, 2.45) is 0 Å². The normalized spacial score (nSPS) is 10.5. The molecule has 0 fully saturated rings. The molecule has 0 atom stereocenters. The minimum absolute atomic E-state index is 0.445. The van der Waals surface area contributed by atoms with Crippen molar-refractivity contribution in [3.05, 3.63) is 63.8 Å². The second-order valence-electron chi connectivity index (χ2n) is 5.70. The summed E-state index contributed by atoms with van der Waals surface area (Å²) in [4.78, 5) is 4.48. The minimum Gasteiger partial charge on any atom is -0.339 e. The van der Waals surface area contributed by atoms with E-state index in [2.05, 4.69) is 73.8 Å². The van der Waals surface area contributed by atoms with Gasteiger partial charge in [0.25, 0.3) is 0 Å². The maximum Gasteiger partial charge on any atom is 0.249 e. The number of nitrogens with zero attached hydrogens (tertiary/aromatic N) is 3. The number of aryl methyl sites for hydroxylation is 3. The molecular weight excluding hydrogens is 366 g/mol. The zero-order valence-corrected chi connectivity index (χ0v) is 15.3. The van der Waals surface area contributed by atoms with Crippen LogP contribution in [0.25, 0.3) is 0 Å². The molecule has 0 aliphatic rings. The van der Waals surface area contributed by atoms with Crippen LogP contribution >= 0.6 is 15.9 Å². The maximum atomic E-state index is 4.48. The average Bonchev–Trinajstić information content (AvgIpc) is 2.55. The van der Waals surface area contributed by atoms with Crippen LogP contribution < -0.4 is 10.6 Å². The molecule has 2 aromatic carbocycles. The van der Waals surface area contributed by atoms with Crippen molar-refractivity contribution in [2.75, 3.05) is 10.6 Å². The van der Waals surface area contributed by atoms with E-state index in [-0.39, 0.29) is 0 Å². The molecule has 2 N–H and O–H groups in total. The molecule has 0 saturated heterocycles. The summed E-state index contributed by atoms with van der Waals surface area (Å²) in [7, 11) is 0. The second kappa shape index (κ2) is 6.97. The standard InChI is InChI=1S/C18H18BrN5/c1-11-4-5-13(3)16(8-11)22-17-10-20-24-18(23-17)21-14-7-6-12(2)15(19)9-14/h4-10H,1-3H3,(H2,21,22,23,24). The largest absolute Gasteiger partial charge is 0.339 e. The molecule has 0 spiro atoms. The number of anilines is 4. The number of halogens is 1. The molecule has 1 aromatic heterocycles. The number of nitrogens with one attached hydrogen (secondary N) is 2. The van der Waals surface area contributed by atoms with E-state index < -0.39 is 0 Å². The lowest BCUT2D eigenvalue weighted by Gasteiger charge is -2.11. The van der Waals surface area contributed by atoms with Crippen molar-refractivity contribution in [1.82, 2.24) is 15.2 Å². The fraction of sp³-hybridized carbons (Fsp3) is 0.167. The van der Waals surface area contributed by atoms with Crippen molar-refractivity contribution in [3.63, 3.8) is 0 Å². The lowest BCUT2D eigenvalue weighted by Crippen LogP contribution is -2.03. The Bertz CT molecular complexity index is 879. The van der Waals surface area contributed by atoms with Gasteiger partial charge in [0.15, 0.2) is 5.82 Å². The third kappa shape index (κ3) is 3.89. The molecule has 3 aromatic rings. The average molecular weight is 384 g/mol. The van der Waals surface area contributed by atoms with Gasteiger partial charge in [0.2, 0.25) is 5.95 Å². The molecule has 0 aliphatic carbocycles. The predicted octanol–water partition coefficient (Wildman–Crippen LogP) is 5.05. The third-order valence-electron chi connectivity index (χ3n) is 3.64. The molecule has 122 valence electrons. The van der Waals surface area contributed by atoms with Gasteiger partial charge in [-0.1, -0.05) is 34.1 Å². The van der Waals surface area contributed by atoms with E-state index in [1.54, 1.807) is 6.20 Å². The van der Waals surface area contributed by atoms with E-state index >= 15 is 0 Å². The fourth-order valence-corrected chi connectivity index (χ4v) is 2.60. The summed E-state index contributed by atoms with van der Waals surface area (Å²) in [6.45, 7) is 6.16. The van der Waals surface area contributed by atoms with E-state index in [9.17, 15) is 0 Å². The molecular formula is C18H18BrN5. The van der Waals surface area contributed by atoms with Crippen molar-refractivity contribution in [3.8, 4) is 0 Å².